The molecule has 2 aromatic rings. The highest BCUT2D eigenvalue weighted by atomic mass is 19.2. The molecular weight excluding hydrogens is 246 g/mol. The minimum atomic E-state index is -0.841. The van der Waals surface area contributed by atoms with E-state index in [1.165, 1.54) is 6.07 Å². The van der Waals surface area contributed by atoms with Gasteiger partial charge in [-0.1, -0.05) is 19.1 Å². The SMILES string of the molecule is CC(CN)(Cc1ccncc1)c1cccc(F)c1F. The Morgan fingerprint density at radius 2 is 1.84 bits per heavy atom. The molecule has 0 aliphatic rings. The molecule has 100 valence electrons. The normalized spacial score (nSPS) is 14.1. The molecule has 1 atom stereocenters. The molecule has 0 aliphatic carbocycles. The Balaban J connectivity index is 2.40. The second-order valence-electron chi connectivity index (χ2n) is 4.90. The monoisotopic (exact) mass is 262 g/mol. The van der Waals surface area contributed by atoms with Crippen LogP contribution in [0, 0.1) is 11.6 Å². The Morgan fingerprint density at radius 1 is 1.16 bits per heavy atom. The van der Waals surface area contributed by atoms with E-state index in [-0.39, 0.29) is 6.54 Å². The third-order valence-electron chi connectivity index (χ3n) is 3.40. The first kappa shape index (κ1) is 13.6. The molecule has 0 aliphatic heterocycles. The lowest BCUT2D eigenvalue weighted by atomic mass is 9.77. The number of halogens is 2. The summed E-state index contributed by atoms with van der Waals surface area (Å²) in [6.45, 7) is 2.07. The summed E-state index contributed by atoms with van der Waals surface area (Å²) in [5.74, 6) is -1.66. The van der Waals surface area contributed by atoms with Crippen LogP contribution < -0.4 is 5.73 Å². The fourth-order valence-electron chi connectivity index (χ4n) is 2.20. The number of rotatable bonds is 4. The van der Waals surface area contributed by atoms with Gasteiger partial charge in [-0.15, -0.1) is 0 Å². The fraction of sp³-hybridized carbons (Fsp3) is 0.267. The maximum atomic E-state index is 13.9. The number of nitrogens with zero attached hydrogens (tertiary/aromatic N) is 1. The summed E-state index contributed by atoms with van der Waals surface area (Å²) in [7, 11) is 0. The van der Waals surface area contributed by atoms with Crippen LogP contribution in [0.5, 0.6) is 0 Å². The molecule has 0 radical (unpaired) electrons. The highest BCUT2D eigenvalue weighted by Gasteiger charge is 2.29. The number of nitrogens with two attached hydrogens (primary N) is 1. The Kier molecular flexibility index (Phi) is 3.90. The standard InChI is InChI=1S/C15H16F2N2/c1-15(10-18,9-11-5-7-19-8-6-11)12-3-2-4-13(16)14(12)17/h2-8H,9-10,18H2,1H3. The number of hydrogen-bond donors (Lipinski definition) is 1. The van der Waals surface area contributed by atoms with Crippen LogP contribution in [0.2, 0.25) is 0 Å². The molecule has 2 rings (SSSR count). The van der Waals surface area contributed by atoms with E-state index >= 15 is 0 Å². The topological polar surface area (TPSA) is 38.9 Å². The summed E-state index contributed by atoms with van der Waals surface area (Å²) in [6, 6.07) is 7.92. The summed E-state index contributed by atoms with van der Waals surface area (Å²) in [4.78, 5) is 3.94. The van der Waals surface area contributed by atoms with E-state index in [0.29, 0.717) is 12.0 Å². The van der Waals surface area contributed by atoms with Crippen molar-refractivity contribution in [2.45, 2.75) is 18.8 Å². The van der Waals surface area contributed by atoms with Crippen molar-refractivity contribution in [1.82, 2.24) is 4.98 Å². The number of benzene rings is 1. The van der Waals surface area contributed by atoms with Crippen LogP contribution in [-0.4, -0.2) is 11.5 Å². The molecule has 2 N–H and O–H groups in total. The van der Waals surface area contributed by atoms with E-state index in [0.717, 1.165) is 11.6 Å². The molecule has 0 amide bonds. The summed E-state index contributed by atoms with van der Waals surface area (Å²) < 4.78 is 27.3. The molecule has 0 bridgehead atoms. The van der Waals surface area contributed by atoms with Crippen LogP contribution in [0.1, 0.15) is 18.1 Å². The summed E-state index contributed by atoms with van der Waals surface area (Å²) in [5.41, 5.74) is 6.46. The molecule has 0 saturated heterocycles. The second-order valence-corrected chi connectivity index (χ2v) is 4.90. The third-order valence-corrected chi connectivity index (χ3v) is 3.40. The minimum absolute atomic E-state index is 0.232. The number of pyridine rings is 1. The number of hydrogen-bond acceptors (Lipinski definition) is 2. The first-order chi connectivity index (χ1) is 9.07. The zero-order chi connectivity index (χ0) is 13.9. The van der Waals surface area contributed by atoms with Gasteiger partial charge in [0.2, 0.25) is 0 Å². The molecule has 2 nitrogen and oxygen atoms in total. The smallest absolute Gasteiger partial charge is 0.162 e. The van der Waals surface area contributed by atoms with Crippen molar-refractivity contribution in [3.8, 4) is 0 Å². The summed E-state index contributed by atoms with van der Waals surface area (Å²) in [6.07, 6.45) is 3.88. The van der Waals surface area contributed by atoms with Crippen LogP contribution in [0.25, 0.3) is 0 Å². The van der Waals surface area contributed by atoms with Gasteiger partial charge < -0.3 is 5.73 Å². The molecule has 1 aromatic heterocycles. The molecule has 4 heteroatoms. The maximum Gasteiger partial charge on any atom is 0.162 e. The average molecular weight is 262 g/mol. The van der Waals surface area contributed by atoms with Gasteiger partial charge in [-0.25, -0.2) is 8.78 Å². The predicted molar refractivity (Wildman–Crippen MR) is 70.7 cm³/mol. The van der Waals surface area contributed by atoms with Crippen LogP contribution in [0.4, 0.5) is 8.78 Å². The molecule has 0 fully saturated rings. The van der Waals surface area contributed by atoms with E-state index in [9.17, 15) is 8.78 Å². The van der Waals surface area contributed by atoms with Gasteiger partial charge in [0, 0.05) is 24.4 Å². The van der Waals surface area contributed by atoms with Crippen molar-refractivity contribution in [3.05, 3.63) is 65.5 Å². The second kappa shape index (κ2) is 5.45. The molecular formula is C15H16F2N2. The Labute approximate surface area is 111 Å². The van der Waals surface area contributed by atoms with Gasteiger partial charge in [-0.2, -0.15) is 0 Å². The summed E-state index contributed by atoms with van der Waals surface area (Å²) >= 11 is 0. The maximum absolute atomic E-state index is 13.9. The van der Waals surface area contributed by atoms with Gasteiger partial charge >= 0.3 is 0 Å². The van der Waals surface area contributed by atoms with Gasteiger partial charge in [-0.05, 0) is 35.7 Å². The van der Waals surface area contributed by atoms with Crippen molar-refractivity contribution in [1.29, 1.82) is 0 Å². The fourth-order valence-corrected chi connectivity index (χ4v) is 2.20. The van der Waals surface area contributed by atoms with Crippen molar-refractivity contribution in [2.24, 2.45) is 5.73 Å². The predicted octanol–water partition coefficient (Wildman–Crippen LogP) is 2.82. The van der Waals surface area contributed by atoms with E-state index in [1.807, 2.05) is 19.1 Å². The van der Waals surface area contributed by atoms with E-state index in [1.54, 1.807) is 18.5 Å². The van der Waals surface area contributed by atoms with Crippen LogP contribution in [-0.2, 0) is 11.8 Å². The van der Waals surface area contributed by atoms with Gasteiger partial charge in [0.15, 0.2) is 11.6 Å². The Hall–Kier alpha value is -1.81. The molecule has 0 spiro atoms. The molecule has 1 heterocycles. The van der Waals surface area contributed by atoms with Gasteiger partial charge in [0.25, 0.3) is 0 Å². The van der Waals surface area contributed by atoms with E-state index in [4.69, 9.17) is 5.73 Å². The largest absolute Gasteiger partial charge is 0.330 e. The lowest BCUT2D eigenvalue weighted by Crippen LogP contribution is -2.35. The van der Waals surface area contributed by atoms with Crippen molar-refractivity contribution in [2.75, 3.05) is 6.54 Å². The quantitative estimate of drug-likeness (QED) is 0.920. The molecule has 19 heavy (non-hydrogen) atoms. The van der Waals surface area contributed by atoms with Crippen LogP contribution in [0.15, 0.2) is 42.7 Å². The first-order valence-electron chi connectivity index (χ1n) is 6.10. The Bertz CT molecular complexity index is 557. The van der Waals surface area contributed by atoms with Crippen molar-refractivity contribution in [3.63, 3.8) is 0 Å². The average Bonchev–Trinajstić information content (AvgIpc) is 2.43. The van der Waals surface area contributed by atoms with Gasteiger partial charge in [0.05, 0.1) is 0 Å². The first-order valence-corrected chi connectivity index (χ1v) is 6.10. The minimum Gasteiger partial charge on any atom is -0.330 e. The molecule has 1 aromatic carbocycles. The highest BCUT2D eigenvalue weighted by Crippen LogP contribution is 2.30. The highest BCUT2D eigenvalue weighted by molar-refractivity contribution is 5.30. The van der Waals surface area contributed by atoms with Crippen molar-refractivity contribution >= 4 is 0 Å². The van der Waals surface area contributed by atoms with Crippen LogP contribution >= 0.6 is 0 Å². The third kappa shape index (κ3) is 2.79. The van der Waals surface area contributed by atoms with E-state index in [2.05, 4.69) is 4.98 Å². The van der Waals surface area contributed by atoms with E-state index < -0.39 is 17.0 Å². The van der Waals surface area contributed by atoms with Crippen molar-refractivity contribution < 1.29 is 8.78 Å². The number of aromatic nitrogens is 1. The zero-order valence-corrected chi connectivity index (χ0v) is 10.7. The van der Waals surface area contributed by atoms with Crippen LogP contribution in [0.3, 0.4) is 0 Å². The van der Waals surface area contributed by atoms with Gasteiger partial charge in [-0.3, -0.25) is 4.98 Å². The summed E-state index contributed by atoms with van der Waals surface area (Å²) in [5, 5.41) is 0. The zero-order valence-electron chi connectivity index (χ0n) is 10.7. The lowest BCUT2D eigenvalue weighted by Gasteiger charge is -2.29. The molecule has 1 unspecified atom stereocenters. The molecule has 0 saturated carbocycles. The van der Waals surface area contributed by atoms with Gasteiger partial charge in [0.1, 0.15) is 0 Å². The lowest BCUT2D eigenvalue weighted by molar-refractivity contribution is 0.425. The Morgan fingerprint density at radius 3 is 2.47 bits per heavy atom.